The van der Waals surface area contributed by atoms with Crippen molar-refractivity contribution in [2.45, 2.75) is 13.8 Å². The van der Waals surface area contributed by atoms with Crippen LogP contribution in [0.2, 0.25) is 0 Å². The molecular weight excluding hydrogens is 208 g/mol. The van der Waals surface area contributed by atoms with Gasteiger partial charge in [-0.25, -0.2) is 0 Å². The molecule has 1 rings (SSSR count). The van der Waals surface area contributed by atoms with Gasteiger partial charge in [-0.1, -0.05) is 15.9 Å². The molecule has 1 aromatic heterocycles. The first-order chi connectivity index (χ1) is 4.74. The zero-order chi connectivity index (χ0) is 7.56. The first kappa shape index (κ1) is 8.02. The van der Waals surface area contributed by atoms with Gasteiger partial charge in [0.15, 0.2) is 0 Å². The summed E-state index contributed by atoms with van der Waals surface area (Å²) < 4.78 is 0. The van der Waals surface area contributed by atoms with Crippen molar-refractivity contribution in [3.05, 3.63) is 26.4 Å². The van der Waals surface area contributed by atoms with Crippen LogP contribution >= 0.6 is 27.3 Å². The molecule has 0 aromatic carbocycles. The maximum Gasteiger partial charge on any atom is 0.00895 e. The average Bonchev–Trinajstić information content (AvgIpc) is 2.13. The van der Waals surface area contributed by atoms with Crippen molar-refractivity contribution in [2.75, 3.05) is 0 Å². The molecule has 0 aliphatic heterocycles. The normalized spacial score (nSPS) is 11.1. The van der Waals surface area contributed by atoms with Crippen LogP contribution < -0.4 is 0 Å². The van der Waals surface area contributed by atoms with Crippen molar-refractivity contribution in [3.63, 3.8) is 0 Å². The monoisotopic (exact) mass is 216 g/mol. The molecular formula is C8H9BrS. The zero-order valence-electron chi connectivity index (χ0n) is 6.02. The van der Waals surface area contributed by atoms with Crippen LogP contribution in [0.3, 0.4) is 0 Å². The van der Waals surface area contributed by atoms with E-state index in [9.17, 15) is 0 Å². The lowest BCUT2D eigenvalue weighted by Gasteiger charge is -1.84. The Morgan fingerprint density at radius 2 is 2.20 bits per heavy atom. The lowest BCUT2D eigenvalue weighted by molar-refractivity contribution is 1.58. The second-order valence-corrected chi connectivity index (χ2v) is 4.15. The molecule has 54 valence electrons. The molecule has 0 aliphatic rings. The third-order valence-electron chi connectivity index (χ3n) is 1.32. The van der Waals surface area contributed by atoms with E-state index in [2.05, 4.69) is 41.9 Å². The van der Waals surface area contributed by atoms with Gasteiger partial charge in [-0.2, -0.15) is 0 Å². The number of hydrogen-bond donors (Lipinski definition) is 0. The van der Waals surface area contributed by atoms with Crippen molar-refractivity contribution >= 4 is 33.3 Å². The highest BCUT2D eigenvalue weighted by Gasteiger charge is 1.96. The third-order valence-corrected chi connectivity index (χ3v) is 2.57. The van der Waals surface area contributed by atoms with E-state index in [1.165, 1.54) is 15.3 Å². The van der Waals surface area contributed by atoms with E-state index in [-0.39, 0.29) is 0 Å². The van der Waals surface area contributed by atoms with E-state index >= 15 is 0 Å². The van der Waals surface area contributed by atoms with Crippen LogP contribution in [0.5, 0.6) is 0 Å². The van der Waals surface area contributed by atoms with Crippen LogP contribution in [0.25, 0.3) is 6.08 Å². The first-order valence-corrected chi connectivity index (χ1v) is 4.81. The van der Waals surface area contributed by atoms with Crippen LogP contribution in [0.1, 0.15) is 15.3 Å². The smallest absolute Gasteiger partial charge is 0.00895 e. The molecule has 0 nitrogen and oxygen atoms in total. The molecule has 2 heteroatoms. The maximum atomic E-state index is 3.25. The number of rotatable bonds is 1. The van der Waals surface area contributed by atoms with Gasteiger partial charge in [-0.05, 0) is 36.5 Å². The lowest BCUT2D eigenvalue weighted by Crippen LogP contribution is -1.64. The summed E-state index contributed by atoms with van der Waals surface area (Å²) in [5.41, 5.74) is 1.32. The quantitative estimate of drug-likeness (QED) is 0.672. The van der Waals surface area contributed by atoms with Gasteiger partial charge in [0.25, 0.3) is 0 Å². The summed E-state index contributed by atoms with van der Waals surface area (Å²) in [6, 6.07) is 2.19. The van der Waals surface area contributed by atoms with Gasteiger partial charge in [0.05, 0.1) is 0 Å². The van der Waals surface area contributed by atoms with Gasteiger partial charge in [-0.15, -0.1) is 11.3 Å². The molecule has 0 N–H and O–H groups in total. The molecule has 0 saturated heterocycles. The Labute approximate surface area is 73.7 Å². The molecule has 0 atom stereocenters. The third kappa shape index (κ3) is 1.70. The van der Waals surface area contributed by atoms with Crippen molar-refractivity contribution in [1.82, 2.24) is 0 Å². The molecule has 0 aliphatic carbocycles. The average molecular weight is 217 g/mol. The van der Waals surface area contributed by atoms with Gasteiger partial charge < -0.3 is 0 Å². The molecule has 0 unspecified atom stereocenters. The minimum Gasteiger partial charge on any atom is -0.145 e. The minimum absolute atomic E-state index is 1.32. The molecule has 10 heavy (non-hydrogen) atoms. The van der Waals surface area contributed by atoms with Crippen LogP contribution in [-0.4, -0.2) is 0 Å². The summed E-state index contributed by atoms with van der Waals surface area (Å²) in [6.45, 7) is 4.27. The van der Waals surface area contributed by atoms with Gasteiger partial charge in [-0.3, -0.25) is 0 Å². The Kier molecular flexibility index (Phi) is 2.69. The highest BCUT2D eigenvalue weighted by atomic mass is 79.9. The van der Waals surface area contributed by atoms with Crippen molar-refractivity contribution in [3.8, 4) is 0 Å². The molecule has 0 bridgehead atoms. The van der Waals surface area contributed by atoms with E-state index < -0.39 is 0 Å². The standard InChI is InChI=1S/C8H9BrS/c1-6-5-8(3-4-9)7(2)10-6/h3-5H,1-2H3/b4-3+. The van der Waals surface area contributed by atoms with Gasteiger partial charge >= 0.3 is 0 Å². The topological polar surface area (TPSA) is 0 Å². The Morgan fingerprint density at radius 1 is 1.50 bits per heavy atom. The molecule has 0 spiro atoms. The van der Waals surface area contributed by atoms with Gasteiger partial charge in [0.2, 0.25) is 0 Å². The molecule has 0 saturated carbocycles. The predicted octanol–water partition coefficient (Wildman–Crippen LogP) is 3.73. The Hall–Kier alpha value is -0.0800. The van der Waals surface area contributed by atoms with E-state index in [0.29, 0.717) is 0 Å². The maximum absolute atomic E-state index is 3.25. The molecule has 0 radical (unpaired) electrons. The SMILES string of the molecule is Cc1cc(/C=C/Br)c(C)s1. The van der Waals surface area contributed by atoms with Crippen LogP contribution in [0, 0.1) is 13.8 Å². The molecule has 0 fully saturated rings. The Balaban J connectivity index is 3.03. The van der Waals surface area contributed by atoms with Crippen LogP contribution in [0.15, 0.2) is 11.1 Å². The van der Waals surface area contributed by atoms with E-state index in [1.807, 2.05) is 16.3 Å². The first-order valence-electron chi connectivity index (χ1n) is 3.08. The van der Waals surface area contributed by atoms with Gasteiger partial charge in [0.1, 0.15) is 0 Å². The summed E-state index contributed by atoms with van der Waals surface area (Å²) in [6.07, 6.45) is 2.07. The Morgan fingerprint density at radius 3 is 2.60 bits per heavy atom. The fourth-order valence-electron chi connectivity index (χ4n) is 0.884. The minimum atomic E-state index is 1.32. The summed E-state index contributed by atoms with van der Waals surface area (Å²) in [7, 11) is 0. The summed E-state index contributed by atoms with van der Waals surface area (Å²) >= 11 is 5.09. The van der Waals surface area contributed by atoms with Crippen molar-refractivity contribution in [1.29, 1.82) is 0 Å². The highest BCUT2D eigenvalue weighted by Crippen LogP contribution is 2.21. The predicted molar refractivity (Wildman–Crippen MR) is 51.8 cm³/mol. The number of hydrogen-bond acceptors (Lipinski definition) is 1. The Bertz CT molecular complexity index is 248. The lowest BCUT2D eigenvalue weighted by atomic mass is 10.2. The second kappa shape index (κ2) is 3.35. The highest BCUT2D eigenvalue weighted by molar-refractivity contribution is 9.11. The molecule has 1 aromatic rings. The number of aryl methyl sites for hydroxylation is 2. The molecule has 0 amide bonds. The summed E-state index contributed by atoms with van der Waals surface area (Å²) in [5, 5.41) is 0. The largest absolute Gasteiger partial charge is 0.145 e. The van der Waals surface area contributed by atoms with E-state index in [4.69, 9.17) is 0 Å². The van der Waals surface area contributed by atoms with Crippen molar-refractivity contribution in [2.24, 2.45) is 0 Å². The van der Waals surface area contributed by atoms with Crippen molar-refractivity contribution < 1.29 is 0 Å². The summed E-state index contributed by atoms with van der Waals surface area (Å²) in [4.78, 5) is 4.65. The van der Waals surface area contributed by atoms with E-state index in [1.54, 1.807) is 0 Å². The number of halogens is 1. The fraction of sp³-hybridized carbons (Fsp3) is 0.250. The van der Waals surface area contributed by atoms with Gasteiger partial charge in [0, 0.05) is 9.75 Å². The zero-order valence-corrected chi connectivity index (χ0v) is 8.42. The van der Waals surface area contributed by atoms with E-state index in [0.717, 1.165) is 0 Å². The number of thiophene rings is 1. The summed E-state index contributed by atoms with van der Waals surface area (Å²) in [5.74, 6) is 0. The van der Waals surface area contributed by atoms with Crippen LogP contribution in [0.4, 0.5) is 0 Å². The van der Waals surface area contributed by atoms with Crippen LogP contribution in [-0.2, 0) is 0 Å². The molecule has 1 heterocycles. The fourth-order valence-corrected chi connectivity index (χ4v) is 2.08. The second-order valence-electron chi connectivity index (χ2n) is 2.16.